The molecule has 0 atom stereocenters. The van der Waals surface area contributed by atoms with Crippen molar-refractivity contribution in [3.63, 3.8) is 0 Å². The van der Waals surface area contributed by atoms with Crippen molar-refractivity contribution in [3.8, 4) is 17.0 Å². The number of nitrogens with zero attached hydrogens (tertiary/aromatic N) is 3. The molecule has 0 spiro atoms. The Morgan fingerprint density at radius 3 is 2.70 bits per heavy atom. The lowest BCUT2D eigenvalue weighted by atomic mass is 10.1. The first-order chi connectivity index (χ1) is 14.5. The van der Waals surface area contributed by atoms with Gasteiger partial charge in [-0.25, -0.2) is 9.67 Å². The van der Waals surface area contributed by atoms with Crippen LogP contribution in [0.5, 0.6) is 5.75 Å². The lowest BCUT2D eigenvalue weighted by Crippen LogP contribution is -2.29. The zero-order valence-corrected chi connectivity index (χ0v) is 17.4. The van der Waals surface area contributed by atoms with Gasteiger partial charge in [0, 0.05) is 11.6 Å². The average molecular weight is 420 g/mol. The molecule has 7 nitrogen and oxygen atoms in total. The Hall–Kier alpha value is -3.52. The van der Waals surface area contributed by atoms with Gasteiger partial charge in [0.25, 0.3) is 5.56 Å². The number of fused-ring (bicyclic) bond motifs is 1. The Bertz CT molecular complexity index is 1260. The van der Waals surface area contributed by atoms with Crippen LogP contribution >= 0.6 is 11.3 Å². The van der Waals surface area contributed by atoms with Gasteiger partial charge in [0.2, 0.25) is 5.91 Å². The highest BCUT2D eigenvalue weighted by atomic mass is 32.1. The lowest BCUT2D eigenvalue weighted by Gasteiger charge is -2.07. The van der Waals surface area contributed by atoms with Crippen molar-refractivity contribution in [1.82, 2.24) is 14.8 Å². The van der Waals surface area contributed by atoms with E-state index < -0.39 is 0 Å². The van der Waals surface area contributed by atoms with E-state index in [-0.39, 0.29) is 18.0 Å². The Kier molecular flexibility index (Phi) is 5.58. The van der Waals surface area contributed by atoms with E-state index >= 15 is 0 Å². The fourth-order valence-corrected chi connectivity index (χ4v) is 3.86. The molecule has 0 bridgehead atoms. The van der Waals surface area contributed by atoms with Crippen molar-refractivity contribution in [2.45, 2.75) is 20.4 Å². The summed E-state index contributed by atoms with van der Waals surface area (Å²) in [5, 5.41) is 7.56. The third-order valence-corrected chi connectivity index (χ3v) is 5.36. The van der Waals surface area contributed by atoms with Crippen LogP contribution < -0.4 is 15.6 Å². The van der Waals surface area contributed by atoms with E-state index in [1.165, 1.54) is 17.4 Å². The summed E-state index contributed by atoms with van der Waals surface area (Å²) in [7, 11) is 0. The molecule has 2 heterocycles. The largest absolute Gasteiger partial charge is 0.494 e. The molecule has 2 aromatic carbocycles. The Morgan fingerprint density at radius 1 is 1.13 bits per heavy atom. The summed E-state index contributed by atoms with van der Waals surface area (Å²) in [4.78, 5) is 29.1. The van der Waals surface area contributed by atoms with Gasteiger partial charge in [-0.3, -0.25) is 9.59 Å². The highest BCUT2D eigenvalue weighted by Gasteiger charge is 2.12. The van der Waals surface area contributed by atoms with Gasteiger partial charge in [0.1, 0.15) is 12.3 Å². The topological polar surface area (TPSA) is 86.1 Å². The summed E-state index contributed by atoms with van der Waals surface area (Å²) < 4.78 is 7.56. The maximum absolute atomic E-state index is 12.5. The number of thiazole rings is 1. The van der Waals surface area contributed by atoms with Crippen LogP contribution in [-0.4, -0.2) is 27.3 Å². The number of amides is 1. The highest BCUT2D eigenvalue weighted by molar-refractivity contribution is 7.22. The number of aryl methyl sites for hydroxylation is 1. The molecule has 4 aromatic rings. The van der Waals surface area contributed by atoms with E-state index in [0.717, 1.165) is 31.8 Å². The van der Waals surface area contributed by atoms with Gasteiger partial charge >= 0.3 is 0 Å². The van der Waals surface area contributed by atoms with Crippen molar-refractivity contribution < 1.29 is 9.53 Å². The van der Waals surface area contributed by atoms with E-state index in [4.69, 9.17) is 4.74 Å². The first-order valence-corrected chi connectivity index (χ1v) is 10.3. The van der Waals surface area contributed by atoms with Crippen LogP contribution in [0.15, 0.2) is 59.4 Å². The molecular formula is C22H20N4O3S. The van der Waals surface area contributed by atoms with Gasteiger partial charge in [0.05, 0.1) is 22.5 Å². The molecule has 0 saturated heterocycles. The molecule has 30 heavy (non-hydrogen) atoms. The Morgan fingerprint density at radius 2 is 1.93 bits per heavy atom. The van der Waals surface area contributed by atoms with E-state index in [1.807, 2.05) is 56.3 Å². The Labute approximate surface area is 177 Å². The molecule has 0 radical (unpaired) electrons. The molecule has 0 aliphatic heterocycles. The molecule has 1 N–H and O–H groups in total. The van der Waals surface area contributed by atoms with Gasteiger partial charge in [-0.1, -0.05) is 41.2 Å². The summed E-state index contributed by atoms with van der Waals surface area (Å²) >= 11 is 1.35. The van der Waals surface area contributed by atoms with Crippen molar-refractivity contribution in [2.24, 2.45) is 0 Å². The van der Waals surface area contributed by atoms with E-state index in [9.17, 15) is 9.59 Å². The van der Waals surface area contributed by atoms with E-state index in [1.54, 1.807) is 6.07 Å². The summed E-state index contributed by atoms with van der Waals surface area (Å²) in [5.74, 6) is 0.393. The molecule has 0 aliphatic carbocycles. The van der Waals surface area contributed by atoms with Crippen LogP contribution in [0.1, 0.15) is 12.5 Å². The summed E-state index contributed by atoms with van der Waals surface area (Å²) in [6.07, 6.45) is 0. The van der Waals surface area contributed by atoms with Crippen molar-refractivity contribution in [3.05, 3.63) is 70.5 Å². The number of aromatic nitrogens is 3. The molecule has 0 unspecified atom stereocenters. The molecule has 8 heteroatoms. The van der Waals surface area contributed by atoms with Crippen molar-refractivity contribution in [1.29, 1.82) is 0 Å². The second-order valence-corrected chi connectivity index (χ2v) is 7.74. The number of benzene rings is 2. The SMILES string of the molecule is CCOc1ccc2nc(NC(=O)Cn3nc(-c4ccc(C)cc4)ccc3=O)sc2c1. The van der Waals surface area contributed by atoms with Crippen molar-refractivity contribution in [2.75, 3.05) is 11.9 Å². The molecule has 2 aromatic heterocycles. The molecule has 4 rings (SSSR count). The third-order valence-electron chi connectivity index (χ3n) is 4.42. The maximum atomic E-state index is 12.5. The van der Waals surface area contributed by atoms with Crippen LogP contribution in [0.25, 0.3) is 21.5 Å². The Balaban J connectivity index is 1.51. The van der Waals surface area contributed by atoms with Crippen LogP contribution in [0.3, 0.4) is 0 Å². The quantitative estimate of drug-likeness (QED) is 0.512. The lowest BCUT2D eigenvalue weighted by molar-refractivity contribution is -0.117. The van der Waals surface area contributed by atoms with Gasteiger partial charge in [-0.15, -0.1) is 0 Å². The molecule has 152 valence electrons. The number of hydrogen-bond donors (Lipinski definition) is 1. The number of carbonyl (C=O) groups excluding carboxylic acids is 1. The van der Waals surface area contributed by atoms with Gasteiger partial charge < -0.3 is 10.1 Å². The number of rotatable bonds is 6. The monoisotopic (exact) mass is 420 g/mol. The van der Waals surface area contributed by atoms with Gasteiger partial charge in [-0.2, -0.15) is 5.10 Å². The van der Waals surface area contributed by atoms with E-state index in [2.05, 4.69) is 15.4 Å². The molecule has 1 amide bonds. The fourth-order valence-electron chi connectivity index (χ4n) is 2.95. The van der Waals surface area contributed by atoms with Crippen LogP contribution in [0.2, 0.25) is 0 Å². The first-order valence-electron chi connectivity index (χ1n) is 9.50. The highest BCUT2D eigenvalue weighted by Crippen LogP contribution is 2.29. The minimum atomic E-state index is -0.366. The summed E-state index contributed by atoms with van der Waals surface area (Å²) in [5.41, 5.74) is 3.08. The second-order valence-electron chi connectivity index (χ2n) is 6.71. The molecule has 0 aliphatic rings. The van der Waals surface area contributed by atoms with Gasteiger partial charge in [-0.05, 0) is 38.1 Å². The van der Waals surface area contributed by atoms with Gasteiger partial charge in [0.15, 0.2) is 5.13 Å². The number of carbonyl (C=O) groups is 1. The zero-order valence-electron chi connectivity index (χ0n) is 16.6. The van der Waals surface area contributed by atoms with Crippen LogP contribution in [0, 0.1) is 6.92 Å². The number of ether oxygens (including phenoxy) is 1. The fraction of sp³-hybridized carbons (Fsp3) is 0.182. The first kappa shape index (κ1) is 19.8. The molecular weight excluding hydrogens is 400 g/mol. The number of anilines is 1. The maximum Gasteiger partial charge on any atom is 0.267 e. The minimum absolute atomic E-state index is 0.196. The van der Waals surface area contributed by atoms with E-state index in [0.29, 0.717) is 17.4 Å². The predicted octanol–water partition coefficient (Wildman–Crippen LogP) is 3.87. The third kappa shape index (κ3) is 4.38. The molecule has 0 fully saturated rings. The average Bonchev–Trinajstić information content (AvgIpc) is 3.12. The predicted molar refractivity (Wildman–Crippen MR) is 118 cm³/mol. The second kappa shape index (κ2) is 8.46. The summed E-state index contributed by atoms with van der Waals surface area (Å²) in [6, 6.07) is 16.5. The van der Waals surface area contributed by atoms with Crippen molar-refractivity contribution >= 4 is 32.6 Å². The smallest absolute Gasteiger partial charge is 0.267 e. The summed E-state index contributed by atoms with van der Waals surface area (Å²) in [6.45, 7) is 4.31. The normalized spacial score (nSPS) is 10.9. The zero-order chi connectivity index (χ0) is 21.1. The number of hydrogen-bond acceptors (Lipinski definition) is 6. The minimum Gasteiger partial charge on any atom is -0.494 e. The van der Waals surface area contributed by atoms with Crippen LogP contribution in [-0.2, 0) is 11.3 Å². The standard InChI is InChI=1S/C22H20N4O3S/c1-3-29-16-8-9-18-19(12-16)30-22(23-18)24-20(27)13-26-21(28)11-10-17(25-26)15-6-4-14(2)5-7-15/h4-12H,3,13H2,1-2H3,(H,23,24,27). The number of nitrogens with one attached hydrogen (secondary N) is 1. The molecule has 0 saturated carbocycles. The van der Waals surface area contributed by atoms with Crippen LogP contribution in [0.4, 0.5) is 5.13 Å².